The van der Waals surface area contributed by atoms with Crippen LogP contribution in [0.1, 0.15) is 30.9 Å². The van der Waals surface area contributed by atoms with Crippen LogP contribution in [-0.4, -0.2) is 37.6 Å². The predicted octanol–water partition coefficient (Wildman–Crippen LogP) is 4.11. The monoisotopic (exact) mass is 462 g/mol. The first kappa shape index (κ1) is 22.9. The maximum Gasteiger partial charge on any atom is 0.244 e. The van der Waals surface area contributed by atoms with Crippen molar-refractivity contribution in [2.24, 2.45) is 5.73 Å². The van der Waals surface area contributed by atoms with Crippen molar-refractivity contribution < 1.29 is 23.7 Å². The van der Waals surface area contributed by atoms with Crippen LogP contribution in [0.4, 0.5) is 0 Å². The van der Waals surface area contributed by atoms with Crippen molar-refractivity contribution in [1.82, 2.24) is 10.2 Å². The summed E-state index contributed by atoms with van der Waals surface area (Å²) in [4.78, 5) is 0. The number of nitrogens with one attached hydrogen (secondary N) is 1. The highest BCUT2D eigenvalue weighted by molar-refractivity contribution is 5.72. The first-order chi connectivity index (χ1) is 16.4. The van der Waals surface area contributed by atoms with E-state index >= 15 is 0 Å². The van der Waals surface area contributed by atoms with Gasteiger partial charge in [-0.15, -0.1) is 5.10 Å². The summed E-state index contributed by atoms with van der Waals surface area (Å²) in [6.45, 7) is 3.94. The quantitative estimate of drug-likeness (QED) is 0.537. The number of aromatic amines is 1. The van der Waals surface area contributed by atoms with Crippen molar-refractivity contribution in [3.8, 4) is 46.2 Å². The van der Waals surface area contributed by atoms with Crippen LogP contribution in [0.3, 0.4) is 0 Å². The van der Waals surface area contributed by atoms with Gasteiger partial charge >= 0.3 is 0 Å². The molecule has 0 amide bonds. The molecule has 9 heteroatoms. The molecule has 34 heavy (non-hydrogen) atoms. The van der Waals surface area contributed by atoms with Crippen molar-refractivity contribution in [1.29, 1.82) is 5.26 Å². The van der Waals surface area contributed by atoms with Crippen LogP contribution in [0.2, 0.25) is 0 Å². The maximum absolute atomic E-state index is 10.0. The lowest BCUT2D eigenvalue weighted by Crippen LogP contribution is -2.21. The van der Waals surface area contributed by atoms with Gasteiger partial charge in [0.25, 0.3) is 0 Å². The topological polar surface area (TPSA) is 125 Å². The molecule has 0 radical (unpaired) electrons. The van der Waals surface area contributed by atoms with E-state index < -0.39 is 5.92 Å². The fourth-order valence-electron chi connectivity index (χ4n) is 4.03. The lowest BCUT2D eigenvalue weighted by atomic mass is 9.82. The van der Waals surface area contributed by atoms with Crippen LogP contribution >= 0.6 is 0 Å². The molecule has 0 aliphatic carbocycles. The highest BCUT2D eigenvalue weighted by atomic mass is 16.5. The number of H-pyrrole nitrogens is 1. The lowest BCUT2D eigenvalue weighted by Gasteiger charge is -2.26. The number of allylic oxidation sites excluding steroid dienone is 1. The van der Waals surface area contributed by atoms with Crippen LogP contribution in [0, 0.1) is 11.3 Å². The van der Waals surface area contributed by atoms with Gasteiger partial charge in [-0.2, -0.15) is 5.26 Å². The molecule has 2 heterocycles. The summed E-state index contributed by atoms with van der Waals surface area (Å²) < 4.78 is 28.1. The second kappa shape index (κ2) is 9.27. The third-order valence-electron chi connectivity index (χ3n) is 5.50. The van der Waals surface area contributed by atoms with E-state index in [1.807, 2.05) is 38.1 Å². The van der Waals surface area contributed by atoms with Gasteiger partial charge in [-0.3, -0.25) is 5.10 Å². The van der Waals surface area contributed by atoms with Gasteiger partial charge in [0.15, 0.2) is 11.5 Å². The molecule has 0 saturated carbocycles. The average Bonchev–Trinajstić information content (AvgIpc) is 3.25. The van der Waals surface area contributed by atoms with E-state index in [-0.39, 0.29) is 23.4 Å². The normalized spacial score (nSPS) is 14.8. The number of nitrogens with zero attached hydrogens (tertiary/aromatic N) is 2. The number of nitrogens with two attached hydrogens (primary N) is 1. The number of fused-ring (bicyclic) bond motifs is 1. The molecule has 4 rings (SSSR count). The van der Waals surface area contributed by atoms with Gasteiger partial charge in [-0.1, -0.05) is 0 Å². The van der Waals surface area contributed by atoms with Crippen molar-refractivity contribution in [2.75, 3.05) is 21.3 Å². The number of ether oxygens (including phenoxy) is 5. The van der Waals surface area contributed by atoms with Gasteiger partial charge in [-0.05, 0) is 44.2 Å². The molecule has 0 spiro atoms. The summed E-state index contributed by atoms with van der Waals surface area (Å²) in [7, 11) is 4.64. The van der Waals surface area contributed by atoms with E-state index in [4.69, 9.17) is 29.4 Å². The molecule has 9 nitrogen and oxygen atoms in total. The summed E-state index contributed by atoms with van der Waals surface area (Å²) in [5.41, 5.74) is 9.22. The predicted molar refractivity (Wildman–Crippen MR) is 125 cm³/mol. The number of nitriles is 1. The van der Waals surface area contributed by atoms with Crippen molar-refractivity contribution in [3.63, 3.8) is 0 Å². The van der Waals surface area contributed by atoms with Crippen LogP contribution in [0.25, 0.3) is 11.3 Å². The SMILES string of the molecule is COc1cc(OC)c(C2C(C#N)=C(N)Oc3n[nH]c(-c4ccc(OC(C)C)cc4)c32)cc1OC. The minimum Gasteiger partial charge on any atom is -0.496 e. The molecule has 1 aromatic heterocycles. The Hall–Kier alpha value is -4.32. The van der Waals surface area contributed by atoms with Crippen molar-refractivity contribution in [2.45, 2.75) is 25.9 Å². The minimum atomic E-state index is -0.621. The first-order valence-corrected chi connectivity index (χ1v) is 10.6. The molecule has 176 valence electrons. The molecule has 1 aliphatic heterocycles. The molecule has 0 bridgehead atoms. The average molecular weight is 463 g/mol. The zero-order valence-corrected chi connectivity index (χ0v) is 19.6. The number of methoxy groups -OCH3 is 3. The Kier molecular flexibility index (Phi) is 6.23. The Bertz CT molecular complexity index is 1270. The summed E-state index contributed by atoms with van der Waals surface area (Å²) in [6, 6.07) is 13.3. The Morgan fingerprint density at radius 1 is 1.03 bits per heavy atom. The Morgan fingerprint density at radius 3 is 2.26 bits per heavy atom. The van der Waals surface area contributed by atoms with Gasteiger partial charge in [-0.25, -0.2) is 0 Å². The number of aromatic nitrogens is 2. The second-order valence-electron chi connectivity index (χ2n) is 7.88. The number of hydrogen-bond acceptors (Lipinski definition) is 8. The van der Waals surface area contributed by atoms with E-state index in [1.165, 1.54) is 0 Å². The summed E-state index contributed by atoms with van der Waals surface area (Å²) >= 11 is 0. The van der Waals surface area contributed by atoms with Gasteiger partial charge in [0.1, 0.15) is 23.1 Å². The fourth-order valence-corrected chi connectivity index (χ4v) is 4.03. The van der Waals surface area contributed by atoms with Crippen LogP contribution in [0.15, 0.2) is 47.9 Å². The van der Waals surface area contributed by atoms with Crippen LogP contribution < -0.4 is 29.4 Å². The second-order valence-corrected chi connectivity index (χ2v) is 7.88. The standard InChI is InChI=1S/C25H26N4O5/c1-13(2)33-15-8-6-14(7-9-15)23-22-21(17(12-26)24(27)34-25(22)29-28-23)16-10-19(31-4)20(32-5)11-18(16)30-3/h6-11,13,21H,27H2,1-5H3,(H,28,29). The zero-order chi connectivity index (χ0) is 24.4. The summed E-state index contributed by atoms with van der Waals surface area (Å²) in [6.07, 6.45) is 0.0624. The third-order valence-corrected chi connectivity index (χ3v) is 5.50. The smallest absolute Gasteiger partial charge is 0.244 e. The number of hydrogen-bond donors (Lipinski definition) is 2. The number of rotatable bonds is 7. The molecule has 1 unspecified atom stereocenters. The Morgan fingerprint density at radius 2 is 1.68 bits per heavy atom. The van der Waals surface area contributed by atoms with Gasteiger partial charge in [0.05, 0.1) is 44.6 Å². The molecule has 1 aliphatic rings. The molecular weight excluding hydrogens is 436 g/mol. The summed E-state index contributed by atoms with van der Waals surface area (Å²) in [5, 5.41) is 17.4. The van der Waals surface area contributed by atoms with E-state index in [1.54, 1.807) is 33.5 Å². The lowest BCUT2D eigenvalue weighted by molar-refractivity contribution is 0.242. The number of benzene rings is 2. The molecule has 3 N–H and O–H groups in total. The van der Waals surface area contributed by atoms with E-state index in [9.17, 15) is 5.26 Å². The molecule has 0 saturated heterocycles. The van der Waals surface area contributed by atoms with E-state index in [2.05, 4.69) is 16.3 Å². The highest BCUT2D eigenvalue weighted by Crippen LogP contribution is 2.50. The largest absolute Gasteiger partial charge is 0.496 e. The first-order valence-electron chi connectivity index (χ1n) is 10.6. The fraction of sp³-hybridized carbons (Fsp3) is 0.280. The van der Waals surface area contributed by atoms with E-state index in [0.29, 0.717) is 34.1 Å². The van der Waals surface area contributed by atoms with Gasteiger partial charge in [0.2, 0.25) is 11.8 Å². The third kappa shape index (κ3) is 3.94. The van der Waals surface area contributed by atoms with Crippen LogP contribution in [-0.2, 0) is 0 Å². The zero-order valence-electron chi connectivity index (χ0n) is 19.6. The van der Waals surface area contributed by atoms with Crippen molar-refractivity contribution >= 4 is 0 Å². The molecule has 2 aromatic carbocycles. The highest BCUT2D eigenvalue weighted by Gasteiger charge is 2.37. The maximum atomic E-state index is 10.0. The van der Waals surface area contributed by atoms with Crippen molar-refractivity contribution in [3.05, 3.63) is 59.0 Å². The Balaban J connectivity index is 1.91. The van der Waals surface area contributed by atoms with Crippen LogP contribution in [0.5, 0.6) is 28.9 Å². The molecule has 0 fully saturated rings. The molecule has 1 atom stereocenters. The molecule has 3 aromatic rings. The van der Waals surface area contributed by atoms with Gasteiger partial charge < -0.3 is 29.4 Å². The minimum absolute atomic E-state index is 0.0180. The molecular formula is C25H26N4O5. The van der Waals surface area contributed by atoms with E-state index in [0.717, 1.165) is 11.3 Å². The Labute approximate surface area is 197 Å². The van der Waals surface area contributed by atoms with Gasteiger partial charge in [0, 0.05) is 17.2 Å². The summed E-state index contributed by atoms with van der Waals surface area (Å²) in [5.74, 6) is 1.89.